The first kappa shape index (κ1) is 12.4. The Morgan fingerprint density at radius 1 is 1.33 bits per heavy atom. The predicted molar refractivity (Wildman–Crippen MR) is 60.4 cm³/mol. The molecular formula is C10H22N4O. The van der Waals surface area contributed by atoms with Crippen LogP contribution in [0.5, 0.6) is 0 Å². The molecule has 0 unspecified atom stereocenters. The van der Waals surface area contributed by atoms with E-state index in [1.165, 1.54) is 0 Å². The van der Waals surface area contributed by atoms with Crippen LogP contribution in [0.15, 0.2) is 0 Å². The Morgan fingerprint density at radius 2 is 1.87 bits per heavy atom. The molecule has 1 aliphatic heterocycles. The minimum atomic E-state index is -0.438. The average molecular weight is 214 g/mol. The van der Waals surface area contributed by atoms with Gasteiger partial charge in [0, 0.05) is 40.3 Å². The Labute approximate surface area is 91.8 Å². The summed E-state index contributed by atoms with van der Waals surface area (Å²) >= 11 is 0. The van der Waals surface area contributed by atoms with Crippen molar-refractivity contribution in [3.63, 3.8) is 0 Å². The lowest BCUT2D eigenvalue weighted by atomic mass is 10.0. The third-order valence-corrected chi connectivity index (χ3v) is 2.79. The molecule has 0 aromatic heterocycles. The first-order valence-corrected chi connectivity index (χ1v) is 5.39. The smallest absolute Gasteiger partial charge is 0.254 e. The highest BCUT2D eigenvalue weighted by Gasteiger charge is 2.35. The molecule has 15 heavy (non-hydrogen) atoms. The van der Waals surface area contributed by atoms with Gasteiger partial charge in [-0.3, -0.25) is 15.1 Å². The van der Waals surface area contributed by atoms with Gasteiger partial charge in [0.2, 0.25) is 0 Å². The van der Waals surface area contributed by atoms with E-state index in [2.05, 4.69) is 15.6 Å². The Kier molecular flexibility index (Phi) is 4.07. The molecule has 2 N–H and O–H groups in total. The average Bonchev–Trinajstić information content (AvgIpc) is 2.18. The van der Waals surface area contributed by atoms with E-state index in [1.807, 2.05) is 27.9 Å². The summed E-state index contributed by atoms with van der Waals surface area (Å²) in [6.45, 7) is 7.70. The molecule has 1 amide bonds. The number of hydrogen-bond donors (Lipinski definition) is 2. The molecule has 0 aromatic carbocycles. The first-order chi connectivity index (χ1) is 6.94. The summed E-state index contributed by atoms with van der Waals surface area (Å²) in [5, 5.41) is 4.97. The van der Waals surface area contributed by atoms with Gasteiger partial charge in [0.25, 0.3) is 5.91 Å². The number of hydrazine groups is 1. The number of nitrogens with zero attached hydrogens (tertiary/aromatic N) is 2. The minimum absolute atomic E-state index is 0.0504. The molecule has 1 aliphatic rings. The van der Waals surface area contributed by atoms with Crippen molar-refractivity contribution in [1.82, 2.24) is 20.7 Å². The number of carbonyl (C=O) groups excluding carboxylic acids is 1. The molecule has 5 heteroatoms. The van der Waals surface area contributed by atoms with E-state index >= 15 is 0 Å². The van der Waals surface area contributed by atoms with Gasteiger partial charge in [-0.2, -0.15) is 0 Å². The first-order valence-electron chi connectivity index (χ1n) is 5.39. The standard InChI is InChI=1S/C10H22N4O/c1-10(2,9(15)12-13(3)4)14-7-5-11-6-8-14/h11H,5-8H2,1-4H3,(H,12,15). The summed E-state index contributed by atoms with van der Waals surface area (Å²) in [4.78, 5) is 14.2. The summed E-state index contributed by atoms with van der Waals surface area (Å²) in [5.41, 5.74) is 2.37. The molecule has 0 bridgehead atoms. The maximum atomic E-state index is 12.0. The van der Waals surface area contributed by atoms with Gasteiger partial charge in [0.05, 0.1) is 5.54 Å². The highest BCUT2D eigenvalue weighted by Crippen LogP contribution is 2.15. The van der Waals surface area contributed by atoms with Crippen LogP contribution in [0, 0.1) is 0 Å². The Morgan fingerprint density at radius 3 is 2.33 bits per heavy atom. The van der Waals surface area contributed by atoms with Crippen LogP contribution in [0.25, 0.3) is 0 Å². The Hall–Kier alpha value is -0.650. The quantitative estimate of drug-likeness (QED) is 0.608. The van der Waals surface area contributed by atoms with Crippen molar-refractivity contribution in [3.8, 4) is 0 Å². The van der Waals surface area contributed by atoms with E-state index in [-0.39, 0.29) is 5.91 Å². The minimum Gasteiger partial charge on any atom is -0.314 e. The third-order valence-electron chi connectivity index (χ3n) is 2.79. The fourth-order valence-corrected chi connectivity index (χ4v) is 1.71. The number of carbonyl (C=O) groups is 1. The second kappa shape index (κ2) is 4.92. The van der Waals surface area contributed by atoms with Crippen LogP contribution in [-0.2, 0) is 4.79 Å². The van der Waals surface area contributed by atoms with Crippen LogP contribution in [0.1, 0.15) is 13.8 Å². The van der Waals surface area contributed by atoms with Gasteiger partial charge in [-0.25, -0.2) is 5.01 Å². The van der Waals surface area contributed by atoms with Crippen LogP contribution in [0.3, 0.4) is 0 Å². The number of nitrogens with one attached hydrogen (secondary N) is 2. The monoisotopic (exact) mass is 214 g/mol. The summed E-state index contributed by atoms with van der Waals surface area (Å²) in [5.74, 6) is 0.0504. The predicted octanol–water partition coefficient (Wildman–Crippen LogP) is -0.737. The van der Waals surface area contributed by atoms with Crippen LogP contribution in [0.2, 0.25) is 0 Å². The molecule has 0 aliphatic carbocycles. The van der Waals surface area contributed by atoms with Crippen molar-refractivity contribution in [2.75, 3.05) is 40.3 Å². The van der Waals surface area contributed by atoms with Crippen molar-refractivity contribution in [1.29, 1.82) is 0 Å². The lowest BCUT2D eigenvalue weighted by molar-refractivity contribution is -0.136. The zero-order valence-corrected chi connectivity index (χ0v) is 10.1. The second-order valence-electron chi connectivity index (χ2n) is 4.63. The molecule has 0 aromatic rings. The zero-order valence-electron chi connectivity index (χ0n) is 10.1. The van der Waals surface area contributed by atoms with E-state index < -0.39 is 5.54 Å². The Balaban J connectivity index is 2.58. The molecule has 0 saturated carbocycles. The van der Waals surface area contributed by atoms with Crippen molar-refractivity contribution in [2.45, 2.75) is 19.4 Å². The van der Waals surface area contributed by atoms with Crippen molar-refractivity contribution in [2.24, 2.45) is 0 Å². The van der Waals surface area contributed by atoms with E-state index in [9.17, 15) is 4.79 Å². The molecule has 0 radical (unpaired) electrons. The van der Waals surface area contributed by atoms with E-state index in [0.717, 1.165) is 26.2 Å². The molecular weight excluding hydrogens is 192 g/mol. The van der Waals surface area contributed by atoms with Crippen LogP contribution < -0.4 is 10.7 Å². The van der Waals surface area contributed by atoms with Gasteiger partial charge in [-0.05, 0) is 13.8 Å². The highest BCUT2D eigenvalue weighted by molar-refractivity contribution is 5.84. The maximum Gasteiger partial charge on any atom is 0.254 e. The van der Waals surface area contributed by atoms with Crippen molar-refractivity contribution >= 4 is 5.91 Å². The van der Waals surface area contributed by atoms with E-state index in [0.29, 0.717) is 0 Å². The van der Waals surface area contributed by atoms with Gasteiger partial charge in [0.15, 0.2) is 0 Å². The van der Waals surface area contributed by atoms with Crippen LogP contribution >= 0.6 is 0 Å². The third kappa shape index (κ3) is 3.15. The molecule has 1 rings (SSSR count). The Bertz CT molecular complexity index is 221. The second-order valence-corrected chi connectivity index (χ2v) is 4.63. The summed E-state index contributed by atoms with van der Waals surface area (Å²) in [7, 11) is 3.65. The maximum absolute atomic E-state index is 12.0. The van der Waals surface area contributed by atoms with Gasteiger partial charge >= 0.3 is 0 Å². The molecule has 1 fully saturated rings. The van der Waals surface area contributed by atoms with Gasteiger partial charge in [-0.15, -0.1) is 0 Å². The summed E-state index contributed by atoms with van der Waals surface area (Å²) in [6.07, 6.45) is 0. The molecule has 1 heterocycles. The normalized spacial score (nSPS) is 19.3. The molecule has 1 saturated heterocycles. The number of hydrogen-bond acceptors (Lipinski definition) is 4. The number of amides is 1. The van der Waals surface area contributed by atoms with Crippen molar-refractivity contribution < 1.29 is 4.79 Å². The van der Waals surface area contributed by atoms with Crippen molar-refractivity contribution in [3.05, 3.63) is 0 Å². The molecule has 0 spiro atoms. The lowest BCUT2D eigenvalue weighted by Gasteiger charge is -2.40. The lowest BCUT2D eigenvalue weighted by Crippen LogP contribution is -2.61. The highest BCUT2D eigenvalue weighted by atomic mass is 16.2. The molecule has 5 nitrogen and oxygen atoms in total. The van der Waals surface area contributed by atoms with E-state index in [1.54, 1.807) is 5.01 Å². The van der Waals surface area contributed by atoms with Gasteiger partial charge in [0.1, 0.15) is 0 Å². The fourth-order valence-electron chi connectivity index (χ4n) is 1.71. The molecule has 0 atom stereocenters. The SMILES string of the molecule is CN(C)NC(=O)C(C)(C)N1CCNCC1. The largest absolute Gasteiger partial charge is 0.314 e. The van der Waals surface area contributed by atoms with Gasteiger partial charge in [-0.1, -0.05) is 0 Å². The summed E-state index contributed by atoms with van der Waals surface area (Å²) in [6, 6.07) is 0. The topological polar surface area (TPSA) is 47.6 Å². The summed E-state index contributed by atoms with van der Waals surface area (Å²) < 4.78 is 0. The molecule has 88 valence electrons. The number of rotatable bonds is 3. The van der Waals surface area contributed by atoms with Crippen LogP contribution in [0.4, 0.5) is 0 Å². The fraction of sp³-hybridized carbons (Fsp3) is 0.900. The van der Waals surface area contributed by atoms with Crippen LogP contribution in [-0.4, -0.2) is 61.6 Å². The van der Waals surface area contributed by atoms with E-state index in [4.69, 9.17) is 0 Å². The zero-order chi connectivity index (χ0) is 11.5. The number of piperazine rings is 1. The van der Waals surface area contributed by atoms with Gasteiger partial charge < -0.3 is 5.32 Å².